The summed E-state index contributed by atoms with van der Waals surface area (Å²) in [7, 11) is 0. The predicted molar refractivity (Wildman–Crippen MR) is 114 cm³/mol. The summed E-state index contributed by atoms with van der Waals surface area (Å²) < 4.78 is 7.48. The molecule has 31 heavy (non-hydrogen) atoms. The first-order chi connectivity index (χ1) is 15.1. The van der Waals surface area contributed by atoms with Crippen LogP contribution >= 0.6 is 0 Å². The van der Waals surface area contributed by atoms with E-state index >= 15 is 0 Å². The fourth-order valence-corrected chi connectivity index (χ4v) is 4.72. The number of aryl methyl sites for hydroxylation is 1. The molecule has 3 aromatic heterocycles. The minimum Gasteiger partial charge on any atom is -0.338 e. The van der Waals surface area contributed by atoms with Gasteiger partial charge < -0.3 is 9.42 Å². The molecular weight excluding hydrogens is 392 g/mol. The van der Waals surface area contributed by atoms with Crippen molar-refractivity contribution in [3.8, 4) is 11.5 Å². The molecule has 0 unspecified atom stereocenters. The second-order valence-electron chi connectivity index (χ2n) is 8.84. The number of carbonyl (C=O) groups excluding carboxylic acids is 1. The number of piperidine rings is 1. The second kappa shape index (κ2) is 7.90. The molecule has 2 aliphatic rings. The smallest absolute Gasteiger partial charge is 0.259 e. The highest BCUT2D eigenvalue weighted by atomic mass is 16.5. The van der Waals surface area contributed by atoms with Crippen LogP contribution in [0.25, 0.3) is 11.5 Å². The van der Waals surface area contributed by atoms with Gasteiger partial charge in [0.05, 0.1) is 17.3 Å². The molecule has 8 heteroatoms. The molecule has 1 saturated carbocycles. The maximum atomic E-state index is 13.1. The van der Waals surface area contributed by atoms with Gasteiger partial charge in [-0.05, 0) is 51.2 Å². The minimum absolute atomic E-state index is 0.0707. The predicted octanol–water partition coefficient (Wildman–Crippen LogP) is 3.63. The normalized spacial score (nSPS) is 18.3. The Hall–Kier alpha value is -3.03. The van der Waals surface area contributed by atoms with Crippen LogP contribution in [0.5, 0.6) is 0 Å². The van der Waals surface area contributed by atoms with E-state index in [0.717, 1.165) is 48.8 Å². The Kier molecular flexibility index (Phi) is 5.08. The summed E-state index contributed by atoms with van der Waals surface area (Å²) in [6.07, 6.45) is 10.5. The maximum absolute atomic E-state index is 13.1. The summed E-state index contributed by atoms with van der Waals surface area (Å²) in [6.45, 7) is 6.15. The number of nitrogens with zero attached hydrogens (tertiary/aromatic N) is 6. The van der Waals surface area contributed by atoms with Crippen molar-refractivity contribution in [1.29, 1.82) is 0 Å². The third kappa shape index (κ3) is 3.75. The SMILES string of the molecule is CCn1ncc(C(=O)N2CCC(CC3CC3)(c3noc(-c4cccnc4)n3)CC2)c1C. The molecule has 1 aliphatic heterocycles. The quantitative estimate of drug-likeness (QED) is 0.605. The topological polar surface area (TPSA) is 89.9 Å². The highest BCUT2D eigenvalue weighted by Gasteiger charge is 2.45. The molecule has 0 N–H and O–H groups in total. The molecule has 2 fully saturated rings. The third-order valence-corrected chi connectivity index (χ3v) is 6.83. The van der Waals surface area contributed by atoms with Gasteiger partial charge in [0, 0.05) is 43.1 Å². The maximum Gasteiger partial charge on any atom is 0.259 e. The van der Waals surface area contributed by atoms with Crippen molar-refractivity contribution in [2.45, 2.75) is 57.9 Å². The Labute approximate surface area is 181 Å². The number of amides is 1. The molecule has 0 aromatic carbocycles. The average Bonchev–Trinajstić information content (AvgIpc) is 3.32. The van der Waals surface area contributed by atoms with Crippen LogP contribution in [0.4, 0.5) is 0 Å². The van der Waals surface area contributed by atoms with E-state index in [1.165, 1.54) is 12.8 Å². The highest BCUT2D eigenvalue weighted by molar-refractivity contribution is 5.95. The first kappa shape index (κ1) is 19.9. The minimum atomic E-state index is -0.134. The summed E-state index contributed by atoms with van der Waals surface area (Å²) >= 11 is 0. The third-order valence-electron chi connectivity index (χ3n) is 6.83. The van der Waals surface area contributed by atoms with Gasteiger partial charge in [0.25, 0.3) is 11.8 Å². The molecule has 0 radical (unpaired) electrons. The van der Waals surface area contributed by atoms with E-state index < -0.39 is 0 Å². The van der Waals surface area contributed by atoms with Crippen molar-refractivity contribution < 1.29 is 9.32 Å². The molecule has 3 aromatic rings. The van der Waals surface area contributed by atoms with Crippen molar-refractivity contribution >= 4 is 5.91 Å². The molecule has 0 atom stereocenters. The molecule has 1 saturated heterocycles. The van der Waals surface area contributed by atoms with Crippen LogP contribution in [0.2, 0.25) is 0 Å². The Morgan fingerprint density at radius 2 is 2.06 bits per heavy atom. The molecule has 1 aliphatic carbocycles. The van der Waals surface area contributed by atoms with Crippen LogP contribution in [-0.2, 0) is 12.0 Å². The largest absolute Gasteiger partial charge is 0.338 e. The Bertz CT molecular complexity index is 1060. The summed E-state index contributed by atoms with van der Waals surface area (Å²) in [5.41, 5.74) is 2.33. The fraction of sp³-hybridized carbons (Fsp3) is 0.522. The van der Waals surface area contributed by atoms with E-state index in [1.807, 2.05) is 35.6 Å². The number of carbonyl (C=O) groups is 1. The van der Waals surface area contributed by atoms with Gasteiger partial charge in [-0.15, -0.1) is 0 Å². The summed E-state index contributed by atoms with van der Waals surface area (Å²) in [4.78, 5) is 24.0. The number of pyridine rings is 1. The van der Waals surface area contributed by atoms with Crippen molar-refractivity contribution in [3.63, 3.8) is 0 Å². The Morgan fingerprint density at radius 1 is 1.26 bits per heavy atom. The second-order valence-corrected chi connectivity index (χ2v) is 8.84. The molecule has 8 nitrogen and oxygen atoms in total. The van der Waals surface area contributed by atoms with E-state index in [1.54, 1.807) is 18.6 Å². The first-order valence-corrected chi connectivity index (χ1v) is 11.2. The molecular formula is C23H28N6O2. The molecule has 4 heterocycles. The zero-order chi connectivity index (χ0) is 21.4. The zero-order valence-electron chi connectivity index (χ0n) is 18.1. The van der Waals surface area contributed by atoms with Crippen molar-refractivity contribution in [1.82, 2.24) is 29.8 Å². The van der Waals surface area contributed by atoms with Crippen molar-refractivity contribution in [3.05, 3.63) is 47.8 Å². The first-order valence-electron chi connectivity index (χ1n) is 11.2. The van der Waals surface area contributed by atoms with Gasteiger partial charge in [-0.3, -0.25) is 14.5 Å². The highest BCUT2D eigenvalue weighted by Crippen LogP contribution is 2.47. The zero-order valence-corrected chi connectivity index (χ0v) is 18.1. The Morgan fingerprint density at radius 3 is 2.71 bits per heavy atom. The lowest BCUT2D eigenvalue weighted by atomic mass is 9.73. The summed E-state index contributed by atoms with van der Waals surface area (Å²) in [5, 5.41) is 8.73. The lowest BCUT2D eigenvalue weighted by Gasteiger charge is -2.40. The summed E-state index contributed by atoms with van der Waals surface area (Å²) in [6, 6.07) is 3.80. The van der Waals surface area contributed by atoms with Crippen LogP contribution in [0.1, 0.15) is 60.9 Å². The van der Waals surface area contributed by atoms with Gasteiger partial charge in [-0.2, -0.15) is 10.1 Å². The van der Waals surface area contributed by atoms with Crippen LogP contribution in [0.3, 0.4) is 0 Å². The monoisotopic (exact) mass is 420 g/mol. The molecule has 0 bridgehead atoms. The lowest BCUT2D eigenvalue weighted by molar-refractivity contribution is 0.0644. The van der Waals surface area contributed by atoms with E-state index in [0.29, 0.717) is 24.5 Å². The van der Waals surface area contributed by atoms with E-state index in [-0.39, 0.29) is 11.3 Å². The fourth-order valence-electron chi connectivity index (χ4n) is 4.72. The number of aromatic nitrogens is 5. The average molecular weight is 421 g/mol. The van der Waals surface area contributed by atoms with Crippen LogP contribution in [0, 0.1) is 12.8 Å². The standard InChI is InChI=1S/C23H28N6O2/c1-3-29-16(2)19(15-25-29)21(30)28-11-8-23(9-12-28,13-17-6-7-17)22-26-20(31-27-22)18-5-4-10-24-14-18/h4-5,10,14-15,17H,3,6-9,11-13H2,1-2H3. The van der Waals surface area contributed by atoms with Gasteiger partial charge in [-0.1, -0.05) is 18.0 Å². The van der Waals surface area contributed by atoms with Crippen LogP contribution in [-0.4, -0.2) is 48.8 Å². The molecule has 5 rings (SSSR count). The molecule has 162 valence electrons. The number of hydrogen-bond donors (Lipinski definition) is 0. The van der Waals surface area contributed by atoms with Gasteiger partial charge in [0.15, 0.2) is 5.82 Å². The lowest BCUT2D eigenvalue weighted by Crippen LogP contribution is -2.46. The van der Waals surface area contributed by atoms with Crippen LogP contribution < -0.4 is 0 Å². The summed E-state index contributed by atoms with van der Waals surface area (Å²) in [5.74, 6) is 2.09. The molecule has 0 spiro atoms. The van der Waals surface area contributed by atoms with Crippen molar-refractivity contribution in [2.24, 2.45) is 5.92 Å². The Balaban J connectivity index is 1.36. The number of hydrogen-bond acceptors (Lipinski definition) is 6. The number of likely N-dealkylation sites (tertiary alicyclic amines) is 1. The van der Waals surface area contributed by atoms with E-state index in [4.69, 9.17) is 9.51 Å². The van der Waals surface area contributed by atoms with Gasteiger partial charge in [0.2, 0.25) is 0 Å². The van der Waals surface area contributed by atoms with Crippen molar-refractivity contribution in [2.75, 3.05) is 13.1 Å². The van der Waals surface area contributed by atoms with Gasteiger partial charge in [0.1, 0.15) is 0 Å². The van der Waals surface area contributed by atoms with Crippen LogP contribution in [0.15, 0.2) is 35.2 Å². The van der Waals surface area contributed by atoms with E-state index in [9.17, 15) is 4.79 Å². The van der Waals surface area contributed by atoms with E-state index in [2.05, 4.69) is 15.2 Å². The molecule has 1 amide bonds. The van der Waals surface area contributed by atoms with Gasteiger partial charge >= 0.3 is 0 Å². The number of rotatable bonds is 6. The van der Waals surface area contributed by atoms with Gasteiger partial charge in [-0.25, -0.2) is 0 Å².